The highest BCUT2D eigenvalue weighted by Crippen LogP contribution is 2.22. The number of amides is 3. The topological polar surface area (TPSA) is 134 Å². The van der Waals surface area contributed by atoms with E-state index in [1.54, 1.807) is 55.8 Å². The average molecular weight is 472 g/mol. The SMILES string of the molecule is COc1ccc(OCC(O)CN2C(=NCCCn3ccnc3)NC3C2C(=O)NC(=O)N3C)cc1. The van der Waals surface area contributed by atoms with E-state index >= 15 is 0 Å². The lowest BCUT2D eigenvalue weighted by Crippen LogP contribution is -2.65. The van der Waals surface area contributed by atoms with Gasteiger partial charge < -0.3 is 34.3 Å². The molecule has 12 heteroatoms. The molecule has 3 unspecified atom stereocenters. The number of carbonyl (C=O) groups excluding carboxylic acids is 2. The predicted octanol–water partition coefficient (Wildman–Crippen LogP) is -0.141. The Morgan fingerprint density at radius 3 is 2.71 bits per heavy atom. The maximum Gasteiger partial charge on any atom is 0.325 e. The molecular weight excluding hydrogens is 442 g/mol. The van der Waals surface area contributed by atoms with Crippen LogP contribution in [0.3, 0.4) is 0 Å². The molecule has 1 aromatic carbocycles. The van der Waals surface area contributed by atoms with Gasteiger partial charge in [0, 0.05) is 32.5 Å². The van der Waals surface area contributed by atoms with Crippen LogP contribution in [0.15, 0.2) is 48.0 Å². The summed E-state index contributed by atoms with van der Waals surface area (Å²) in [5, 5.41) is 16.2. The van der Waals surface area contributed by atoms with Crippen LogP contribution in [-0.2, 0) is 11.3 Å². The van der Waals surface area contributed by atoms with Gasteiger partial charge in [-0.3, -0.25) is 15.1 Å². The molecule has 0 radical (unpaired) electrons. The van der Waals surface area contributed by atoms with Gasteiger partial charge in [-0.05, 0) is 30.7 Å². The number of likely N-dealkylation sites (N-methyl/N-ethyl adjacent to an activating group) is 1. The van der Waals surface area contributed by atoms with Gasteiger partial charge in [-0.15, -0.1) is 0 Å². The summed E-state index contributed by atoms with van der Waals surface area (Å²) in [6.07, 6.45) is 4.61. The van der Waals surface area contributed by atoms with Crippen LogP contribution in [0, 0.1) is 0 Å². The van der Waals surface area contributed by atoms with Crippen LogP contribution in [0.2, 0.25) is 0 Å². The largest absolute Gasteiger partial charge is 0.497 e. The van der Waals surface area contributed by atoms with E-state index in [0.29, 0.717) is 24.0 Å². The molecule has 0 aliphatic carbocycles. The fourth-order valence-corrected chi connectivity index (χ4v) is 3.92. The number of nitrogens with zero attached hydrogens (tertiary/aromatic N) is 5. The number of aliphatic hydroxyl groups is 1. The first-order valence-corrected chi connectivity index (χ1v) is 11.0. The number of urea groups is 1. The minimum absolute atomic E-state index is 0.0184. The van der Waals surface area contributed by atoms with E-state index in [2.05, 4.69) is 20.6 Å². The fraction of sp³-hybridized carbons (Fsp3) is 0.455. The molecule has 1 aromatic heterocycles. The van der Waals surface area contributed by atoms with Crippen molar-refractivity contribution in [2.45, 2.75) is 31.3 Å². The molecule has 2 saturated heterocycles. The van der Waals surface area contributed by atoms with Crippen LogP contribution in [0.25, 0.3) is 0 Å². The zero-order valence-electron chi connectivity index (χ0n) is 19.1. The number of imide groups is 1. The van der Waals surface area contributed by atoms with Crippen LogP contribution in [0.4, 0.5) is 4.79 Å². The third-order valence-corrected chi connectivity index (χ3v) is 5.72. The Labute approximate surface area is 197 Å². The molecule has 3 atom stereocenters. The number of benzene rings is 1. The number of fused-ring (bicyclic) bond motifs is 1. The highest BCUT2D eigenvalue weighted by Gasteiger charge is 2.50. The van der Waals surface area contributed by atoms with Crippen molar-refractivity contribution in [3.63, 3.8) is 0 Å². The molecule has 34 heavy (non-hydrogen) atoms. The predicted molar refractivity (Wildman–Crippen MR) is 122 cm³/mol. The van der Waals surface area contributed by atoms with E-state index in [-0.39, 0.29) is 13.2 Å². The Balaban J connectivity index is 1.41. The van der Waals surface area contributed by atoms with Gasteiger partial charge in [0.2, 0.25) is 0 Å². The number of guanidine groups is 1. The number of ether oxygens (including phenoxy) is 2. The van der Waals surface area contributed by atoms with Crippen LogP contribution in [-0.4, -0.2) is 94.5 Å². The normalized spacial score (nSPS) is 21.8. The van der Waals surface area contributed by atoms with Crippen molar-refractivity contribution in [3.05, 3.63) is 43.0 Å². The number of carbonyl (C=O) groups is 2. The maximum absolute atomic E-state index is 12.7. The zero-order chi connectivity index (χ0) is 24.1. The summed E-state index contributed by atoms with van der Waals surface area (Å²) in [4.78, 5) is 36.5. The lowest BCUT2D eigenvalue weighted by atomic mass is 10.1. The van der Waals surface area contributed by atoms with Crippen LogP contribution >= 0.6 is 0 Å². The standard InChI is InChI=1S/C22H29N7O5/c1-27-19-18(20(31)26-22(27)32)29(21(25-19)24-8-3-10-28-11-9-23-14-28)12-15(30)13-34-17-6-4-16(33-2)5-7-17/h4-7,9,11,14-15,18-19,30H,3,8,10,12-13H2,1-2H3,(H,24,25)(H,26,31,32). The van der Waals surface area contributed by atoms with Gasteiger partial charge in [0.1, 0.15) is 30.4 Å². The Morgan fingerprint density at radius 1 is 1.24 bits per heavy atom. The fourth-order valence-electron chi connectivity index (χ4n) is 3.92. The number of hydrogen-bond acceptors (Lipinski definition) is 7. The molecule has 12 nitrogen and oxygen atoms in total. The number of aliphatic hydroxyl groups excluding tert-OH is 1. The summed E-state index contributed by atoms with van der Waals surface area (Å²) in [5.74, 6) is 1.32. The summed E-state index contributed by atoms with van der Waals surface area (Å²) in [6, 6.07) is 5.84. The van der Waals surface area contributed by atoms with Crippen LogP contribution in [0.5, 0.6) is 11.5 Å². The summed E-state index contributed by atoms with van der Waals surface area (Å²) in [5.41, 5.74) is 0. The number of hydrogen-bond donors (Lipinski definition) is 3. The molecule has 3 heterocycles. The van der Waals surface area contributed by atoms with Crippen molar-refractivity contribution in [2.75, 3.05) is 33.9 Å². The van der Waals surface area contributed by atoms with E-state index in [4.69, 9.17) is 9.47 Å². The minimum atomic E-state index is -0.908. The van der Waals surface area contributed by atoms with Gasteiger partial charge in [0.05, 0.1) is 20.0 Å². The minimum Gasteiger partial charge on any atom is -0.497 e. The number of β-amino-alcohol motifs (C(OH)–C–C–N with tert-alkyl or cyclic N) is 1. The Morgan fingerprint density at radius 2 is 2.00 bits per heavy atom. The molecule has 4 rings (SSSR count). The molecule has 3 N–H and O–H groups in total. The first-order chi connectivity index (χ1) is 16.5. The highest BCUT2D eigenvalue weighted by atomic mass is 16.5. The van der Waals surface area contributed by atoms with Crippen molar-refractivity contribution in [3.8, 4) is 11.5 Å². The van der Waals surface area contributed by atoms with Crippen molar-refractivity contribution >= 4 is 17.9 Å². The van der Waals surface area contributed by atoms with Crippen molar-refractivity contribution in [1.82, 2.24) is 30.0 Å². The lowest BCUT2D eigenvalue weighted by Gasteiger charge is -2.35. The van der Waals surface area contributed by atoms with Crippen molar-refractivity contribution < 1.29 is 24.2 Å². The molecule has 2 fully saturated rings. The van der Waals surface area contributed by atoms with Gasteiger partial charge in [-0.1, -0.05) is 0 Å². The number of aromatic nitrogens is 2. The molecule has 3 amide bonds. The first kappa shape index (κ1) is 23.4. The van der Waals surface area contributed by atoms with Crippen molar-refractivity contribution in [1.29, 1.82) is 0 Å². The summed E-state index contributed by atoms with van der Waals surface area (Å²) < 4.78 is 12.8. The highest BCUT2D eigenvalue weighted by molar-refractivity contribution is 6.04. The van der Waals surface area contributed by atoms with Gasteiger partial charge in [-0.2, -0.15) is 0 Å². The second-order valence-electron chi connectivity index (χ2n) is 8.09. The molecule has 0 saturated carbocycles. The van der Waals surface area contributed by atoms with E-state index in [1.165, 1.54) is 4.90 Å². The van der Waals surface area contributed by atoms with Crippen molar-refractivity contribution in [2.24, 2.45) is 4.99 Å². The van der Waals surface area contributed by atoms with E-state index in [1.807, 2.05) is 10.8 Å². The number of imidazole rings is 1. The Kier molecular flexibility index (Phi) is 7.16. The Hall–Kier alpha value is -3.80. The third kappa shape index (κ3) is 5.22. The molecule has 0 spiro atoms. The molecule has 182 valence electrons. The summed E-state index contributed by atoms with van der Waals surface area (Å²) in [6.45, 7) is 1.36. The second kappa shape index (κ2) is 10.4. The number of aliphatic imine (C=N–C) groups is 1. The number of nitrogens with one attached hydrogen (secondary N) is 2. The van der Waals surface area contributed by atoms with E-state index in [9.17, 15) is 14.7 Å². The average Bonchev–Trinajstić information content (AvgIpc) is 3.48. The zero-order valence-corrected chi connectivity index (χ0v) is 19.1. The molecular formula is C22H29N7O5. The van der Waals surface area contributed by atoms with E-state index < -0.39 is 30.2 Å². The number of aryl methyl sites for hydroxylation is 1. The monoisotopic (exact) mass is 471 g/mol. The van der Waals surface area contributed by atoms with Gasteiger partial charge in [0.25, 0.3) is 5.91 Å². The molecule has 2 aromatic rings. The molecule has 0 bridgehead atoms. The maximum atomic E-state index is 12.7. The van der Waals surface area contributed by atoms with Crippen LogP contribution in [0.1, 0.15) is 6.42 Å². The number of rotatable bonds is 10. The molecule has 2 aliphatic heterocycles. The van der Waals surface area contributed by atoms with Gasteiger partial charge in [-0.25, -0.2) is 9.78 Å². The number of methoxy groups -OCH3 is 1. The smallest absolute Gasteiger partial charge is 0.325 e. The first-order valence-electron chi connectivity index (χ1n) is 11.0. The molecule has 2 aliphatic rings. The van der Waals surface area contributed by atoms with Gasteiger partial charge in [0.15, 0.2) is 12.0 Å². The van der Waals surface area contributed by atoms with E-state index in [0.717, 1.165) is 13.0 Å². The quantitative estimate of drug-likeness (QED) is 0.408. The lowest BCUT2D eigenvalue weighted by molar-refractivity contribution is -0.127. The third-order valence-electron chi connectivity index (χ3n) is 5.72. The van der Waals surface area contributed by atoms with Crippen LogP contribution < -0.4 is 20.1 Å². The van der Waals surface area contributed by atoms with Gasteiger partial charge >= 0.3 is 6.03 Å². The summed E-state index contributed by atoms with van der Waals surface area (Å²) >= 11 is 0. The second-order valence-corrected chi connectivity index (χ2v) is 8.09. The Bertz CT molecular complexity index is 1010. The summed E-state index contributed by atoms with van der Waals surface area (Å²) in [7, 11) is 3.19.